The number of hydrogen-bond donors (Lipinski definition) is 2. The van der Waals surface area contributed by atoms with Gasteiger partial charge in [-0.25, -0.2) is 0 Å². The molecular weight excluding hydrogens is 393 g/mol. The standard InChI is InChI=1S/C23H19F3N2O2/c24-23(25,26)19-12-6-15(7-13-19)14-20(21(27)29)28-22(30)18-10-8-17(9-11-18)16-4-2-1-3-5-16/h1-13,20H,14H2,(H2,27,29)(H,28,30)/t20-/m1/s1. The van der Waals surface area contributed by atoms with Crippen molar-refractivity contribution < 1.29 is 22.8 Å². The number of rotatable bonds is 6. The van der Waals surface area contributed by atoms with Crippen molar-refractivity contribution in [1.82, 2.24) is 5.32 Å². The van der Waals surface area contributed by atoms with Gasteiger partial charge in [0, 0.05) is 12.0 Å². The predicted molar refractivity (Wildman–Crippen MR) is 107 cm³/mol. The van der Waals surface area contributed by atoms with E-state index in [9.17, 15) is 22.8 Å². The van der Waals surface area contributed by atoms with Crippen molar-refractivity contribution in [3.8, 4) is 11.1 Å². The quantitative estimate of drug-likeness (QED) is 0.637. The van der Waals surface area contributed by atoms with Crippen LogP contribution in [-0.4, -0.2) is 17.9 Å². The molecule has 3 N–H and O–H groups in total. The summed E-state index contributed by atoms with van der Waals surface area (Å²) in [4.78, 5) is 24.3. The first-order valence-corrected chi connectivity index (χ1v) is 9.16. The number of nitrogens with one attached hydrogen (secondary N) is 1. The van der Waals surface area contributed by atoms with Gasteiger partial charge in [0.2, 0.25) is 5.91 Å². The Labute approximate surface area is 171 Å². The Hall–Kier alpha value is -3.61. The van der Waals surface area contributed by atoms with Crippen LogP contribution in [-0.2, 0) is 17.4 Å². The lowest BCUT2D eigenvalue weighted by molar-refractivity contribution is -0.137. The summed E-state index contributed by atoms with van der Waals surface area (Å²) in [6.45, 7) is 0. The first-order valence-electron chi connectivity index (χ1n) is 9.16. The second kappa shape index (κ2) is 8.82. The molecule has 0 saturated carbocycles. The van der Waals surface area contributed by atoms with Gasteiger partial charge in [-0.15, -0.1) is 0 Å². The molecule has 3 aromatic rings. The maximum absolute atomic E-state index is 12.7. The van der Waals surface area contributed by atoms with Gasteiger partial charge in [0.25, 0.3) is 5.91 Å². The average Bonchev–Trinajstić information content (AvgIpc) is 2.73. The van der Waals surface area contributed by atoms with Crippen LogP contribution in [0.25, 0.3) is 11.1 Å². The van der Waals surface area contributed by atoms with E-state index in [1.807, 2.05) is 30.3 Å². The van der Waals surface area contributed by atoms with Crippen molar-refractivity contribution in [2.75, 3.05) is 0 Å². The molecule has 0 unspecified atom stereocenters. The molecule has 0 fully saturated rings. The lowest BCUT2D eigenvalue weighted by Gasteiger charge is -2.16. The van der Waals surface area contributed by atoms with Crippen LogP contribution in [0.4, 0.5) is 13.2 Å². The molecule has 2 amide bonds. The Kier molecular flexibility index (Phi) is 6.20. The minimum atomic E-state index is -4.44. The topological polar surface area (TPSA) is 72.2 Å². The van der Waals surface area contributed by atoms with Crippen LogP contribution in [0.15, 0.2) is 78.9 Å². The largest absolute Gasteiger partial charge is 0.416 e. The van der Waals surface area contributed by atoms with Crippen molar-refractivity contribution in [3.05, 3.63) is 95.6 Å². The van der Waals surface area contributed by atoms with Gasteiger partial charge < -0.3 is 11.1 Å². The highest BCUT2D eigenvalue weighted by Gasteiger charge is 2.30. The number of alkyl halides is 3. The zero-order chi connectivity index (χ0) is 21.7. The summed E-state index contributed by atoms with van der Waals surface area (Å²) in [5.41, 5.74) is 7.32. The zero-order valence-corrected chi connectivity index (χ0v) is 15.8. The molecule has 0 aliphatic carbocycles. The number of carbonyl (C=O) groups excluding carboxylic acids is 2. The predicted octanol–water partition coefficient (Wildman–Crippen LogP) is 4.20. The van der Waals surface area contributed by atoms with Gasteiger partial charge in [0.05, 0.1) is 5.56 Å². The van der Waals surface area contributed by atoms with Crippen LogP contribution in [0, 0.1) is 0 Å². The molecule has 0 aliphatic heterocycles. The molecule has 0 aliphatic rings. The zero-order valence-electron chi connectivity index (χ0n) is 15.8. The first kappa shape index (κ1) is 21.1. The molecule has 1 atom stereocenters. The Morgan fingerprint density at radius 2 is 1.40 bits per heavy atom. The normalized spacial score (nSPS) is 12.2. The van der Waals surface area contributed by atoms with E-state index in [1.54, 1.807) is 24.3 Å². The Bertz CT molecular complexity index is 1020. The van der Waals surface area contributed by atoms with Crippen LogP contribution in [0.3, 0.4) is 0 Å². The molecule has 0 heterocycles. The number of benzene rings is 3. The molecule has 0 radical (unpaired) electrons. The van der Waals surface area contributed by atoms with Crippen LogP contribution in [0.5, 0.6) is 0 Å². The second-order valence-corrected chi connectivity index (χ2v) is 6.77. The van der Waals surface area contributed by atoms with Gasteiger partial charge in [-0.05, 0) is 41.0 Å². The van der Waals surface area contributed by atoms with Gasteiger partial charge >= 0.3 is 6.18 Å². The monoisotopic (exact) mass is 412 g/mol. The lowest BCUT2D eigenvalue weighted by Crippen LogP contribution is -2.45. The highest BCUT2D eigenvalue weighted by Crippen LogP contribution is 2.29. The van der Waals surface area contributed by atoms with E-state index in [1.165, 1.54) is 12.1 Å². The molecule has 0 bridgehead atoms. The van der Waals surface area contributed by atoms with E-state index >= 15 is 0 Å². The van der Waals surface area contributed by atoms with Gasteiger partial charge in [0.15, 0.2) is 0 Å². The minimum Gasteiger partial charge on any atom is -0.368 e. The molecular formula is C23H19F3N2O2. The maximum Gasteiger partial charge on any atom is 0.416 e. The third-order valence-corrected chi connectivity index (χ3v) is 4.62. The van der Waals surface area contributed by atoms with Crippen LogP contribution in [0.1, 0.15) is 21.5 Å². The average molecular weight is 412 g/mol. The van der Waals surface area contributed by atoms with Crippen LogP contribution < -0.4 is 11.1 Å². The summed E-state index contributed by atoms with van der Waals surface area (Å²) in [7, 11) is 0. The van der Waals surface area contributed by atoms with Crippen LogP contribution >= 0.6 is 0 Å². The Morgan fingerprint density at radius 3 is 1.93 bits per heavy atom. The second-order valence-electron chi connectivity index (χ2n) is 6.77. The van der Waals surface area contributed by atoms with Gasteiger partial charge in [-0.1, -0.05) is 54.6 Å². The van der Waals surface area contributed by atoms with Gasteiger partial charge in [0.1, 0.15) is 6.04 Å². The maximum atomic E-state index is 12.7. The molecule has 3 rings (SSSR count). The van der Waals surface area contributed by atoms with Gasteiger partial charge in [-0.2, -0.15) is 13.2 Å². The molecule has 7 heteroatoms. The van der Waals surface area contributed by atoms with E-state index < -0.39 is 29.6 Å². The lowest BCUT2D eigenvalue weighted by atomic mass is 10.0. The van der Waals surface area contributed by atoms with Gasteiger partial charge in [-0.3, -0.25) is 9.59 Å². The fourth-order valence-electron chi connectivity index (χ4n) is 2.97. The number of primary amides is 1. The molecule has 0 aromatic heterocycles. The number of nitrogens with two attached hydrogens (primary N) is 1. The molecule has 0 spiro atoms. The van der Waals surface area contributed by atoms with Crippen molar-refractivity contribution in [2.24, 2.45) is 5.73 Å². The number of amides is 2. The highest BCUT2D eigenvalue weighted by molar-refractivity contribution is 5.97. The van der Waals surface area contributed by atoms with E-state index in [2.05, 4.69) is 5.32 Å². The van der Waals surface area contributed by atoms with Crippen LogP contribution in [0.2, 0.25) is 0 Å². The molecule has 30 heavy (non-hydrogen) atoms. The third kappa shape index (κ3) is 5.26. The van der Waals surface area contributed by atoms with Crippen molar-refractivity contribution in [1.29, 1.82) is 0 Å². The fourth-order valence-corrected chi connectivity index (χ4v) is 2.97. The van der Waals surface area contributed by atoms with Crippen molar-refractivity contribution in [3.63, 3.8) is 0 Å². The Balaban J connectivity index is 1.69. The first-order chi connectivity index (χ1) is 14.2. The number of hydrogen-bond acceptors (Lipinski definition) is 2. The summed E-state index contributed by atoms with van der Waals surface area (Å²) in [6.07, 6.45) is -4.46. The molecule has 154 valence electrons. The van der Waals surface area contributed by atoms with E-state index in [0.717, 1.165) is 23.3 Å². The van der Waals surface area contributed by atoms with Crippen molar-refractivity contribution >= 4 is 11.8 Å². The summed E-state index contributed by atoms with van der Waals surface area (Å²) in [5.74, 6) is -1.27. The number of carbonyl (C=O) groups is 2. The highest BCUT2D eigenvalue weighted by atomic mass is 19.4. The smallest absolute Gasteiger partial charge is 0.368 e. The third-order valence-electron chi connectivity index (χ3n) is 4.62. The summed E-state index contributed by atoms with van der Waals surface area (Å²) in [5, 5.41) is 2.55. The summed E-state index contributed by atoms with van der Waals surface area (Å²) >= 11 is 0. The van der Waals surface area contributed by atoms with E-state index in [0.29, 0.717) is 11.1 Å². The Morgan fingerprint density at radius 1 is 0.833 bits per heavy atom. The summed E-state index contributed by atoms with van der Waals surface area (Å²) < 4.78 is 38.0. The van der Waals surface area contributed by atoms with Crippen molar-refractivity contribution in [2.45, 2.75) is 18.6 Å². The fraction of sp³-hybridized carbons (Fsp3) is 0.130. The summed E-state index contributed by atoms with van der Waals surface area (Å²) in [6, 6.07) is 19.8. The number of halogens is 3. The molecule has 3 aromatic carbocycles. The molecule has 0 saturated heterocycles. The van der Waals surface area contributed by atoms with E-state index in [4.69, 9.17) is 5.73 Å². The molecule has 4 nitrogen and oxygen atoms in total. The minimum absolute atomic E-state index is 0.0126. The van der Waals surface area contributed by atoms with E-state index in [-0.39, 0.29) is 6.42 Å². The SMILES string of the molecule is NC(=O)[C@@H](Cc1ccc(C(F)(F)F)cc1)NC(=O)c1ccc(-c2ccccc2)cc1.